The van der Waals surface area contributed by atoms with Gasteiger partial charge in [0.1, 0.15) is 11.4 Å². The summed E-state index contributed by atoms with van der Waals surface area (Å²) < 4.78 is 0. The van der Waals surface area contributed by atoms with E-state index >= 15 is 0 Å². The molecule has 0 aliphatic rings. The lowest BCUT2D eigenvalue weighted by molar-refractivity contribution is 1.31. The summed E-state index contributed by atoms with van der Waals surface area (Å²) in [5.74, 6) is 6.88. The van der Waals surface area contributed by atoms with Gasteiger partial charge in [-0.2, -0.15) is 0 Å². The molecule has 0 amide bonds. The van der Waals surface area contributed by atoms with Crippen LogP contribution in [0.3, 0.4) is 0 Å². The van der Waals surface area contributed by atoms with Gasteiger partial charge in [-0.15, -0.1) is 0 Å². The van der Waals surface area contributed by atoms with E-state index in [1.54, 1.807) is 0 Å². The van der Waals surface area contributed by atoms with Crippen LogP contribution in [0.2, 0.25) is 0 Å². The molecule has 0 fully saturated rings. The summed E-state index contributed by atoms with van der Waals surface area (Å²) in [7, 11) is -5.55. The van der Waals surface area contributed by atoms with E-state index in [-0.39, 0.29) is 0 Å². The van der Waals surface area contributed by atoms with Crippen LogP contribution in [0.5, 0.6) is 0 Å². The first-order valence-electron chi connectivity index (χ1n) is 17.6. The SMILES string of the molecule is C(#Cc1cccc([Si](c2ccccc2)(c2ccccc2)c2ccccc2)n1)c1cccc([Si](c2ccccc2)(c2ccccc2)c2ccccc2)n1. The zero-order chi connectivity index (χ0) is 35.1. The molecule has 0 saturated heterocycles. The van der Waals surface area contributed by atoms with Crippen molar-refractivity contribution in [2.24, 2.45) is 0 Å². The number of pyridine rings is 2. The van der Waals surface area contributed by atoms with Crippen LogP contribution in [-0.2, 0) is 0 Å². The summed E-state index contributed by atoms with van der Waals surface area (Å²) in [5.41, 5.74) is 1.45. The maximum absolute atomic E-state index is 5.37. The molecule has 246 valence electrons. The number of nitrogens with zero attached hydrogens (tertiary/aromatic N) is 2. The van der Waals surface area contributed by atoms with Crippen molar-refractivity contribution in [1.82, 2.24) is 9.97 Å². The van der Waals surface area contributed by atoms with E-state index in [0.29, 0.717) is 0 Å². The van der Waals surface area contributed by atoms with Gasteiger partial charge in [0.15, 0.2) is 0 Å². The molecule has 0 saturated carbocycles. The molecule has 0 spiro atoms. The first-order valence-corrected chi connectivity index (χ1v) is 21.6. The van der Waals surface area contributed by atoms with Gasteiger partial charge < -0.3 is 0 Å². The predicted molar refractivity (Wildman–Crippen MR) is 222 cm³/mol. The molecule has 0 atom stereocenters. The van der Waals surface area contributed by atoms with Gasteiger partial charge in [-0.3, -0.25) is 0 Å². The van der Waals surface area contributed by atoms with Crippen LogP contribution in [0.25, 0.3) is 0 Å². The van der Waals surface area contributed by atoms with Crippen molar-refractivity contribution in [2.45, 2.75) is 0 Å². The largest absolute Gasteiger partial charge is 0.248 e. The summed E-state index contributed by atoms with van der Waals surface area (Å²) in [4.78, 5) is 10.7. The fourth-order valence-electron chi connectivity index (χ4n) is 7.57. The van der Waals surface area contributed by atoms with Crippen molar-refractivity contribution in [3.63, 3.8) is 0 Å². The molecule has 0 radical (unpaired) electrons. The van der Waals surface area contributed by atoms with Crippen molar-refractivity contribution >= 4 is 57.9 Å². The number of rotatable bonds is 8. The van der Waals surface area contributed by atoms with E-state index < -0.39 is 16.1 Å². The Labute approximate surface area is 308 Å². The topological polar surface area (TPSA) is 25.8 Å². The zero-order valence-corrected chi connectivity index (χ0v) is 30.7. The molecule has 0 bridgehead atoms. The van der Waals surface area contributed by atoms with E-state index in [1.165, 1.54) is 31.1 Å². The van der Waals surface area contributed by atoms with Crippen molar-refractivity contribution < 1.29 is 0 Å². The van der Waals surface area contributed by atoms with Crippen molar-refractivity contribution in [2.75, 3.05) is 0 Å². The fourth-order valence-corrected chi connectivity index (χ4v) is 16.8. The first kappa shape index (κ1) is 32.8. The lowest BCUT2D eigenvalue weighted by Crippen LogP contribution is -2.75. The Balaban J connectivity index is 1.28. The lowest BCUT2D eigenvalue weighted by atomic mass is 10.3. The van der Waals surface area contributed by atoms with Crippen LogP contribution < -0.4 is 41.8 Å². The van der Waals surface area contributed by atoms with Gasteiger partial charge in [0.25, 0.3) is 0 Å². The summed E-state index contributed by atoms with van der Waals surface area (Å²) in [5, 5.41) is 9.78. The van der Waals surface area contributed by atoms with Crippen LogP contribution in [-0.4, -0.2) is 26.1 Å². The molecule has 4 heteroatoms. The molecule has 2 aromatic heterocycles. The van der Waals surface area contributed by atoms with Crippen LogP contribution in [0.1, 0.15) is 11.4 Å². The molecule has 52 heavy (non-hydrogen) atoms. The Bertz CT molecular complexity index is 2080. The second-order valence-electron chi connectivity index (χ2n) is 12.8. The zero-order valence-electron chi connectivity index (χ0n) is 28.7. The normalized spacial score (nSPS) is 11.3. The fraction of sp³-hybridized carbons (Fsp3) is 0. The molecular formula is C48H36N2Si2. The van der Waals surface area contributed by atoms with Crippen LogP contribution in [0, 0.1) is 11.8 Å². The average Bonchev–Trinajstić information content (AvgIpc) is 3.23. The Hall–Kier alpha value is -6.39. The molecule has 2 nitrogen and oxygen atoms in total. The second kappa shape index (κ2) is 14.8. The maximum Gasteiger partial charge on any atom is 0.201 e. The van der Waals surface area contributed by atoms with E-state index in [2.05, 4.69) is 218 Å². The third-order valence-electron chi connectivity index (χ3n) is 9.83. The number of aromatic nitrogens is 2. The summed E-state index contributed by atoms with van der Waals surface area (Å²) in [6.07, 6.45) is 0. The van der Waals surface area contributed by atoms with Gasteiger partial charge >= 0.3 is 0 Å². The molecule has 0 aliphatic carbocycles. The minimum atomic E-state index is -2.77. The highest BCUT2D eigenvalue weighted by Gasteiger charge is 2.44. The Morgan fingerprint density at radius 3 is 0.712 bits per heavy atom. The molecule has 2 heterocycles. The molecule has 8 aromatic rings. The van der Waals surface area contributed by atoms with Gasteiger partial charge in [-0.05, 0) is 67.2 Å². The summed E-state index contributed by atoms with van der Waals surface area (Å²) in [6, 6.07) is 77.7. The number of hydrogen-bond donors (Lipinski definition) is 0. The third-order valence-corrected chi connectivity index (χ3v) is 19.1. The van der Waals surface area contributed by atoms with Gasteiger partial charge in [-0.25, -0.2) is 9.97 Å². The quantitative estimate of drug-likeness (QED) is 0.132. The molecular weight excluding hydrogens is 661 g/mol. The third kappa shape index (κ3) is 6.03. The smallest absolute Gasteiger partial charge is 0.201 e. The molecule has 0 N–H and O–H groups in total. The lowest BCUT2D eigenvalue weighted by Gasteiger charge is -2.33. The van der Waals surface area contributed by atoms with Crippen molar-refractivity contribution in [3.05, 3.63) is 230 Å². The van der Waals surface area contributed by atoms with Crippen molar-refractivity contribution in [3.8, 4) is 11.8 Å². The minimum absolute atomic E-state index is 0.724. The highest BCUT2D eigenvalue weighted by atomic mass is 28.3. The van der Waals surface area contributed by atoms with Gasteiger partial charge in [0, 0.05) is 10.6 Å². The molecule has 0 aliphatic heterocycles. The Kier molecular flexibility index (Phi) is 9.36. The minimum Gasteiger partial charge on any atom is -0.248 e. The van der Waals surface area contributed by atoms with E-state index in [0.717, 1.165) is 22.0 Å². The predicted octanol–water partition coefficient (Wildman–Crippen LogP) is 4.63. The highest BCUT2D eigenvalue weighted by molar-refractivity contribution is 7.20. The Morgan fingerprint density at radius 2 is 0.481 bits per heavy atom. The van der Waals surface area contributed by atoms with E-state index in [9.17, 15) is 0 Å². The second-order valence-corrected chi connectivity index (χ2v) is 20.3. The first-order chi connectivity index (χ1) is 25.8. The average molecular weight is 697 g/mol. The highest BCUT2D eigenvalue weighted by Crippen LogP contribution is 2.11. The molecule has 0 unspecified atom stereocenters. The van der Waals surface area contributed by atoms with Crippen LogP contribution in [0.4, 0.5) is 0 Å². The number of benzene rings is 6. The monoisotopic (exact) mass is 696 g/mol. The van der Waals surface area contributed by atoms with Gasteiger partial charge in [0.2, 0.25) is 16.1 Å². The molecule has 6 aromatic carbocycles. The molecule has 8 rings (SSSR count). The maximum atomic E-state index is 5.37. The Morgan fingerprint density at radius 1 is 0.250 bits per heavy atom. The summed E-state index contributed by atoms with van der Waals surface area (Å²) >= 11 is 0. The van der Waals surface area contributed by atoms with Crippen molar-refractivity contribution in [1.29, 1.82) is 0 Å². The van der Waals surface area contributed by atoms with E-state index in [4.69, 9.17) is 9.97 Å². The number of hydrogen-bond acceptors (Lipinski definition) is 2. The van der Waals surface area contributed by atoms with Gasteiger partial charge in [-0.1, -0.05) is 194 Å². The summed E-state index contributed by atoms with van der Waals surface area (Å²) in [6.45, 7) is 0. The standard InChI is InChI=1S/C48H36N2Si2/c1-7-23-41(24-8-1)51(42-25-9-2-10-26-42,43-27-11-3-12-28-43)47-35-19-21-39(49-47)37-38-40-22-20-36-48(50-40)52(44-29-13-4-14-30-44,45-31-15-5-16-32-45)46-33-17-6-18-34-46/h1-36H. The van der Waals surface area contributed by atoms with E-state index in [1.807, 2.05) is 12.1 Å². The van der Waals surface area contributed by atoms with Crippen LogP contribution >= 0.6 is 0 Å². The van der Waals surface area contributed by atoms with Crippen LogP contribution in [0.15, 0.2) is 218 Å². The van der Waals surface area contributed by atoms with Gasteiger partial charge in [0.05, 0.1) is 0 Å².